The maximum absolute atomic E-state index is 11.6. The van der Waals surface area contributed by atoms with E-state index in [2.05, 4.69) is 17.1 Å². The fourth-order valence-electron chi connectivity index (χ4n) is 2.30. The molecule has 1 amide bonds. The Morgan fingerprint density at radius 1 is 1.47 bits per heavy atom. The number of hydrogen-bond acceptors (Lipinski definition) is 4. The molecule has 1 aliphatic rings. The highest BCUT2D eigenvalue weighted by Gasteiger charge is 2.19. The highest BCUT2D eigenvalue weighted by Crippen LogP contribution is 2.15. The number of nitrogens with zero attached hydrogens (tertiary/aromatic N) is 1. The van der Waals surface area contributed by atoms with Crippen LogP contribution in [0.15, 0.2) is 0 Å². The summed E-state index contributed by atoms with van der Waals surface area (Å²) < 4.78 is 5.19. The van der Waals surface area contributed by atoms with Crippen molar-refractivity contribution in [1.29, 1.82) is 0 Å². The van der Waals surface area contributed by atoms with Crippen molar-refractivity contribution in [3.8, 4) is 0 Å². The van der Waals surface area contributed by atoms with Crippen LogP contribution >= 0.6 is 0 Å². The van der Waals surface area contributed by atoms with E-state index in [1.165, 1.54) is 12.8 Å². The summed E-state index contributed by atoms with van der Waals surface area (Å²) in [5, 5.41) is 12.7. The maximum atomic E-state index is 11.6. The Bertz CT molecular complexity index is 265. The Morgan fingerprint density at radius 3 is 2.68 bits per heavy atom. The minimum absolute atomic E-state index is 0.159. The van der Waals surface area contributed by atoms with E-state index in [1.54, 1.807) is 6.92 Å². The van der Waals surface area contributed by atoms with Gasteiger partial charge in [0.25, 0.3) is 0 Å². The van der Waals surface area contributed by atoms with Gasteiger partial charge in [-0.2, -0.15) is 0 Å². The number of rotatable bonds is 7. The zero-order valence-corrected chi connectivity index (χ0v) is 12.4. The van der Waals surface area contributed by atoms with Crippen LogP contribution in [0.2, 0.25) is 0 Å². The number of piperidine rings is 1. The lowest BCUT2D eigenvalue weighted by Gasteiger charge is -2.31. The van der Waals surface area contributed by atoms with Crippen molar-refractivity contribution >= 4 is 5.91 Å². The van der Waals surface area contributed by atoms with Crippen molar-refractivity contribution in [1.82, 2.24) is 10.2 Å². The molecule has 5 heteroatoms. The van der Waals surface area contributed by atoms with E-state index in [0.29, 0.717) is 19.7 Å². The lowest BCUT2D eigenvalue weighted by molar-refractivity contribution is -0.131. The second-order valence-corrected chi connectivity index (χ2v) is 5.48. The summed E-state index contributed by atoms with van der Waals surface area (Å²) in [5.41, 5.74) is 0. The minimum Gasteiger partial charge on any atom is -0.390 e. The average Bonchev–Trinajstić information content (AvgIpc) is 2.39. The van der Waals surface area contributed by atoms with Crippen LogP contribution in [0, 0.1) is 5.92 Å². The molecule has 0 saturated carbocycles. The second-order valence-electron chi connectivity index (χ2n) is 5.48. The van der Waals surface area contributed by atoms with Crippen LogP contribution in [-0.4, -0.2) is 60.9 Å². The van der Waals surface area contributed by atoms with E-state index in [9.17, 15) is 9.90 Å². The number of ether oxygens (including phenoxy) is 1. The van der Waals surface area contributed by atoms with Gasteiger partial charge in [-0.05, 0) is 45.7 Å². The zero-order valence-electron chi connectivity index (χ0n) is 12.4. The number of carbonyl (C=O) groups is 1. The normalized spacial score (nSPS) is 21.1. The molecular formula is C14H28N2O3. The molecule has 19 heavy (non-hydrogen) atoms. The summed E-state index contributed by atoms with van der Waals surface area (Å²) in [5.74, 6) is 0.633. The molecule has 0 aromatic heterocycles. The topological polar surface area (TPSA) is 61.8 Å². The van der Waals surface area contributed by atoms with Crippen molar-refractivity contribution in [2.75, 3.05) is 32.8 Å². The third-order valence-electron chi connectivity index (χ3n) is 3.64. The molecule has 0 bridgehead atoms. The Hall–Kier alpha value is -0.650. The molecule has 0 aromatic carbocycles. The van der Waals surface area contributed by atoms with Crippen molar-refractivity contribution < 1.29 is 14.6 Å². The Kier molecular flexibility index (Phi) is 7.34. The molecule has 2 unspecified atom stereocenters. The Labute approximate surface area is 116 Å². The first-order valence-electron chi connectivity index (χ1n) is 7.32. The summed E-state index contributed by atoms with van der Waals surface area (Å²) in [6, 6.07) is 0. The summed E-state index contributed by atoms with van der Waals surface area (Å²) in [7, 11) is 0. The first kappa shape index (κ1) is 16.4. The van der Waals surface area contributed by atoms with Crippen LogP contribution in [0.5, 0.6) is 0 Å². The van der Waals surface area contributed by atoms with Gasteiger partial charge < -0.3 is 20.1 Å². The van der Waals surface area contributed by atoms with E-state index in [-0.39, 0.29) is 5.91 Å². The highest BCUT2D eigenvalue weighted by molar-refractivity contribution is 5.80. The number of aliphatic hydroxyl groups is 1. The van der Waals surface area contributed by atoms with Crippen LogP contribution in [-0.2, 0) is 9.53 Å². The molecule has 1 rings (SSSR count). The minimum atomic E-state index is -0.508. The van der Waals surface area contributed by atoms with Crippen LogP contribution < -0.4 is 5.32 Å². The van der Waals surface area contributed by atoms with Crippen molar-refractivity contribution in [2.24, 2.45) is 5.92 Å². The van der Waals surface area contributed by atoms with Crippen molar-refractivity contribution in [3.63, 3.8) is 0 Å². The quantitative estimate of drug-likeness (QED) is 0.713. The average molecular weight is 272 g/mol. The number of aliphatic hydroxyl groups excluding tert-OH is 1. The van der Waals surface area contributed by atoms with Gasteiger partial charge in [-0.1, -0.05) is 6.92 Å². The third kappa shape index (κ3) is 6.36. The lowest BCUT2D eigenvalue weighted by atomic mass is 9.99. The molecule has 5 nitrogen and oxygen atoms in total. The molecule has 0 radical (unpaired) electrons. The van der Waals surface area contributed by atoms with Crippen LogP contribution in [0.4, 0.5) is 0 Å². The molecule has 2 atom stereocenters. The van der Waals surface area contributed by atoms with Gasteiger partial charge in [-0.15, -0.1) is 0 Å². The van der Waals surface area contributed by atoms with E-state index in [4.69, 9.17) is 4.74 Å². The number of amides is 1. The molecule has 1 heterocycles. The molecule has 1 fully saturated rings. The van der Waals surface area contributed by atoms with Gasteiger partial charge in [-0.3, -0.25) is 4.79 Å². The SMILES string of the molecule is CCOC(C)C(=O)NCC(O)CN1CCC(C)CC1. The zero-order chi connectivity index (χ0) is 14.3. The molecule has 0 aromatic rings. The fraction of sp³-hybridized carbons (Fsp3) is 0.929. The third-order valence-corrected chi connectivity index (χ3v) is 3.64. The van der Waals surface area contributed by atoms with Gasteiger partial charge in [0.15, 0.2) is 0 Å². The number of hydrogen-bond donors (Lipinski definition) is 2. The predicted octanol–water partition coefficient (Wildman–Crippen LogP) is 0.620. The summed E-state index contributed by atoms with van der Waals surface area (Å²) >= 11 is 0. The summed E-state index contributed by atoms with van der Waals surface area (Å²) in [6.45, 7) is 9.38. The largest absolute Gasteiger partial charge is 0.390 e. The van der Waals surface area contributed by atoms with E-state index < -0.39 is 12.2 Å². The summed E-state index contributed by atoms with van der Waals surface area (Å²) in [4.78, 5) is 13.9. The number of likely N-dealkylation sites (tertiary alicyclic amines) is 1. The Morgan fingerprint density at radius 2 is 2.11 bits per heavy atom. The van der Waals surface area contributed by atoms with E-state index >= 15 is 0 Å². The summed E-state index contributed by atoms with van der Waals surface area (Å²) in [6.07, 6.45) is 1.43. The maximum Gasteiger partial charge on any atom is 0.248 e. The molecule has 112 valence electrons. The predicted molar refractivity (Wildman–Crippen MR) is 74.9 cm³/mol. The van der Waals surface area contributed by atoms with Gasteiger partial charge in [0.05, 0.1) is 6.10 Å². The smallest absolute Gasteiger partial charge is 0.248 e. The van der Waals surface area contributed by atoms with Gasteiger partial charge in [0, 0.05) is 19.7 Å². The highest BCUT2D eigenvalue weighted by atomic mass is 16.5. The van der Waals surface area contributed by atoms with Gasteiger partial charge in [0.1, 0.15) is 6.10 Å². The first-order valence-corrected chi connectivity index (χ1v) is 7.32. The lowest BCUT2D eigenvalue weighted by Crippen LogP contribution is -2.44. The van der Waals surface area contributed by atoms with Crippen molar-refractivity contribution in [2.45, 2.75) is 45.8 Å². The van der Waals surface area contributed by atoms with E-state index in [1.807, 2.05) is 6.92 Å². The molecule has 1 aliphatic heterocycles. The molecule has 0 aliphatic carbocycles. The molecular weight excluding hydrogens is 244 g/mol. The molecule has 2 N–H and O–H groups in total. The Balaban J connectivity index is 2.17. The number of nitrogens with one attached hydrogen (secondary N) is 1. The standard InChI is InChI=1S/C14H28N2O3/c1-4-19-12(3)14(18)15-9-13(17)10-16-7-5-11(2)6-8-16/h11-13,17H,4-10H2,1-3H3,(H,15,18). The van der Waals surface area contributed by atoms with Gasteiger partial charge in [0.2, 0.25) is 5.91 Å². The van der Waals surface area contributed by atoms with Crippen LogP contribution in [0.1, 0.15) is 33.6 Å². The number of carbonyl (C=O) groups excluding carboxylic acids is 1. The fourth-order valence-corrected chi connectivity index (χ4v) is 2.30. The van der Waals surface area contributed by atoms with Crippen molar-refractivity contribution in [3.05, 3.63) is 0 Å². The monoisotopic (exact) mass is 272 g/mol. The number of β-amino-alcohol motifs (C(OH)–C–C–N with tert-alkyl or cyclic N) is 1. The van der Waals surface area contributed by atoms with Crippen LogP contribution in [0.3, 0.4) is 0 Å². The van der Waals surface area contributed by atoms with Crippen LogP contribution in [0.25, 0.3) is 0 Å². The molecule has 0 spiro atoms. The second kappa shape index (κ2) is 8.51. The van der Waals surface area contributed by atoms with Gasteiger partial charge in [-0.25, -0.2) is 0 Å². The first-order chi connectivity index (χ1) is 9.02. The van der Waals surface area contributed by atoms with Gasteiger partial charge >= 0.3 is 0 Å². The van der Waals surface area contributed by atoms with E-state index in [0.717, 1.165) is 19.0 Å². The molecule has 1 saturated heterocycles.